The molecule has 2 heterocycles. The fourth-order valence-electron chi connectivity index (χ4n) is 3.44. The number of piperidine rings is 1. The smallest absolute Gasteiger partial charge is 0.228 e. The topological polar surface area (TPSA) is 71.5 Å². The fourth-order valence-corrected chi connectivity index (χ4v) is 3.67. The number of hydrogen-bond donors (Lipinski definition) is 1. The van der Waals surface area contributed by atoms with Crippen LogP contribution in [-0.2, 0) is 9.59 Å². The second-order valence-corrected chi connectivity index (χ2v) is 8.29. The third-order valence-electron chi connectivity index (χ3n) is 5.10. The molecule has 0 aliphatic carbocycles. The van der Waals surface area contributed by atoms with Gasteiger partial charge in [0, 0.05) is 29.7 Å². The Labute approximate surface area is 179 Å². The summed E-state index contributed by atoms with van der Waals surface area (Å²) in [5.74, 6) is 1.30. The van der Waals surface area contributed by atoms with Crippen LogP contribution in [-0.4, -0.2) is 41.4 Å². The van der Waals surface area contributed by atoms with Gasteiger partial charge in [-0.15, -0.1) is 0 Å². The molecule has 1 aromatic carbocycles. The first-order valence-electron chi connectivity index (χ1n) is 9.82. The summed E-state index contributed by atoms with van der Waals surface area (Å²) in [5, 5.41) is 2.85. The van der Waals surface area contributed by atoms with E-state index in [9.17, 15) is 9.59 Å². The number of anilines is 1. The zero-order valence-electron chi connectivity index (χ0n) is 16.8. The van der Waals surface area contributed by atoms with Crippen LogP contribution in [0.3, 0.4) is 0 Å². The number of nitrogens with zero attached hydrogens (tertiary/aromatic N) is 2. The van der Waals surface area contributed by atoms with Gasteiger partial charge in [-0.1, -0.05) is 17.7 Å². The molecule has 3 rings (SSSR count). The van der Waals surface area contributed by atoms with E-state index in [1.54, 1.807) is 12.3 Å². The van der Waals surface area contributed by atoms with E-state index in [2.05, 4.69) is 32.3 Å². The molecule has 0 atom stereocenters. The normalized spacial score (nSPS) is 14.5. The average molecular weight is 460 g/mol. The molecule has 7 heteroatoms. The van der Waals surface area contributed by atoms with Crippen LogP contribution in [0.15, 0.2) is 41.0 Å². The number of halogens is 1. The number of pyridine rings is 1. The van der Waals surface area contributed by atoms with E-state index in [1.165, 1.54) is 5.56 Å². The third-order valence-corrected chi connectivity index (χ3v) is 5.57. The van der Waals surface area contributed by atoms with E-state index in [4.69, 9.17) is 4.74 Å². The lowest BCUT2D eigenvalue weighted by Crippen LogP contribution is -2.41. The Bertz CT molecular complexity index is 862. The maximum absolute atomic E-state index is 12.5. The minimum Gasteiger partial charge on any atom is -0.493 e. The zero-order chi connectivity index (χ0) is 20.8. The lowest BCUT2D eigenvalue weighted by Gasteiger charge is -2.31. The molecule has 154 valence electrons. The van der Waals surface area contributed by atoms with E-state index < -0.39 is 0 Å². The van der Waals surface area contributed by atoms with Crippen LogP contribution in [0.25, 0.3) is 0 Å². The molecular formula is C22H26BrN3O3. The van der Waals surface area contributed by atoms with Gasteiger partial charge in [0.2, 0.25) is 11.8 Å². The minimum atomic E-state index is -0.101. The molecule has 29 heavy (non-hydrogen) atoms. The SMILES string of the molecule is Cc1ccc(OCCC(=O)N2CCC(C(=O)Nc3ccc(Br)cn3)CC2)c(C)c1. The maximum atomic E-state index is 12.5. The summed E-state index contributed by atoms with van der Waals surface area (Å²) in [6.45, 7) is 5.59. The number of nitrogens with one attached hydrogen (secondary N) is 1. The molecule has 1 N–H and O–H groups in total. The summed E-state index contributed by atoms with van der Waals surface area (Å²) in [7, 11) is 0. The number of ether oxygens (including phenoxy) is 1. The quantitative estimate of drug-likeness (QED) is 0.705. The molecule has 1 aliphatic rings. The third kappa shape index (κ3) is 6.03. The first-order valence-corrected chi connectivity index (χ1v) is 10.6. The highest BCUT2D eigenvalue weighted by Crippen LogP contribution is 2.21. The number of aromatic nitrogens is 1. The Kier molecular flexibility index (Phi) is 7.25. The van der Waals surface area contributed by atoms with Crippen LogP contribution >= 0.6 is 15.9 Å². The summed E-state index contributed by atoms with van der Waals surface area (Å²) < 4.78 is 6.63. The molecule has 2 aromatic rings. The van der Waals surface area contributed by atoms with Crippen LogP contribution in [0, 0.1) is 19.8 Å². The van der Waals surface area contributed by atoms with Crippen molar-refractivity contribution in [2.24, 2.45) is 5.92 Å². The molecule has 2 amide bonds. The van der Waals surface area contributed by atoms with Crippen LogP contribution in [0.2, 0.25) is 0 Å². The van der Waals surface area contributed by atoms with E-state index >= 15 is 0 Å². The van der Waals surface area contributed by atoms with Crippen molar-refractivity contribution in [1.82, 2.24) is 9.88 Å². The first-order chi connectivity index (χ1) is 13.9. The van der Waals surface area contributed by atoms with Gasteiger partial charge in [-0.3, -0.25) is 9.59 Å². The van der Waals surface area contributed by atoms with Gasteiger partial charge in [0.15, 0.2) is 0 Å². The van der Waals surface area contributed by atoms with Gasteiger partial charge in [0.05, 0.1) is 13.0 Å². The van der Waals surface area contributed by atoms with Crippen molar-refractivity contribution in [3.05, 3.63) is 52.1 Å². The number of aryl methyl sites for hydroxylation is 2. The molecular weight excluding hydrogens is 434 g/mol. The van der Waals surface area contributed by atoms with E-state index in [-0.39, 0.29) is 17.7 Å². The van der Waals surface area contributed by atoms with Crippen molar-refractivity contribution in [1.29, 1.82) is 0 Å². The highest BCUT2D eigenvalue weighted by Gasteiger charge is 2.27. The molecule has 1 fully saturated rings. The summed E-state index contributed by atoms with van der Waals surface area (Å²) in [6, 6.07) is 9.61. The fraction of sp³-hybridized carbons (Fsp3) is 0.409. The molecule has 1 aromatic heterocycles. The van der Waals surface area contributed by atoms with Gasteiger partial charge in [-0.05, 0) is 66.4 Å². The standard InChI is InChI=1S/C22H26BrN3O3/c1-15-3-5-19(16(2)13-15)29-12-9-21(27)26-10-7-17(8-11-26)22(28)25-20-6-4-18(23)14-24-20/h3-6,13-14,17H,7-12H2,1-2H3,(H,24,25,28). The van der Waals surface area contributed by atoms with E-state index in [0.717, 1.165) is 15.8 Å². The van der Waals surface area contributed by atoms with Crippen molar-refractivity contribution >= 4 is 33.6 Å². The average Bonchev–Trinajstić information content (AvgIpc) is 2.71. The Hall–Kier alpha value is -2.41. The van der Waals surface area contributed by atoms with Crippen LogP contribution in [0.1, 0.15) is 30.4 Å². The van der Waals surface area contributed by atoms with Gasteiger partial charge in [0.1, 0.15) is 11.6 Å². The van der Waals surface area contributed by atoms with Crippen LogP contribution in [0.5, 0.6) is 5.75 Å². The van der Waals surface area contributed by atoms with Crippen molar-refractivity contribution < 1.29 is 14.3 Å². The number of likely N-dealkylation sites (tertiary alicyclic amines) is 1. The van der Waals surface area contributed by atoms with Crippen molar-refractivity contribution in [3.8, 4) is 5.75 Å². The Morgan fingerprint density at radius 3 is 2.62 bits per heavy atom. The van der Waals surface area contributed by atoms with Crippen molar-refractivity contribution in [3.63, 3.8) is 0 Å². The maximum Gasteiger partial charge on any atom is 0.228 e. The van der Waals surface area contributed by atoms with Gasteiger partial charge in [-0.2, -0.15) is 0 Å². The Morgan fingerprint density at radius 2 is 1.97 bits per heavy atom. The second-order valence-electron chi connectivity index (χ2n) is 7.37. The molecule has 6 nitrogen and oxygen atoms in total. The summed E-state index contributed by atoms with van der Waals surface area (Å²) >= 11 is 3.32. The van der Waals surface area contributed by atoms with Gasteiger partial charge >= 0.3 is 0 Å². The highest BCUT2D eigenvalue weighted by molar-refractivity contribution is 9.10. The zero-order valence-corrected chi connectivity index (χ0v) is 18.4. The molecule has 0 saturated carbocycles. The lowest BCUT2D eigenvalue weighted by molar-refractivity contribution is -0.135. The van der Waals surface area contributed by atoms with E-state index in [1.807, 2.05) is 36.9 Å². The monoisotopic (exact) mass is 459 g/mol. The molecule has 0 bridgehead atoms. The van der Waals surface area contributed by atoms with E-state index in [0.29, 0.717) is 44.8 Å². The molecule has 0 radical (unpaired) electrons. The summed E-state index contributed by atoms with van der Waals surface area (Å²) in [4.78, 5) is 30.9. The van der Waals surface area contributed by atoms with Crippen LogP contribution < -0.4 is 10.1 Å². The predicted octanol–water partition coefficient (Wildman–Crippen LogP) is 4.11. The van der Waals surface area contributed by atoms with Crippen molar-refractivity contribution in [2.45, 2.75) is 33.1 Å². The second kappa shape index (κ2) is 9.87. The van der Waals surface area contributed by atoms with Crippen LogP contribution in [0.4, 0.5) is 5.82 Å². The Balaban J connectivity index is 1.40. The summed E-state index contributed by atoms with van der Waals surface area (Å²) in [5.41, 5.74) is 2.26. The van der Waals surface area contributed by atoms with Gasteiger partial charge in [-0.25, -0.2) is 4.98 Å². The molecule has 1 aliphatic heterocycles. The largest absolute Gasteiger partial charge is 0.493 e. The van der Waals surface area contributed by atoms with Gasteiger partial charge in [0.25, 0.3) is 0 Å². The first kappa shape index (κ1) is 21.3. The molecule has 0 spiro atoms. The number of carbonyl (C=O) groups is 2. The Morgan fingerprint density at radius 1 is 1.21 bits per heavy atom. The van der Waals surface area contributed by atoms with Gasteiger partial charge < -0.3 is 15.0 Å². The highest BCUT2D eigenvalue weighted by atomic mass is 79.9. The number of amides is 2. The molecule has 0 unspecified atom stereocenters. The number of benzene rings is 1. The number of hydrogen-bond acceptors (Lipinski definition) is 4. The minimum absolute atomic E-state index is 0.0369. The predicted molar refractivity (Wildman–Crippen MR) is 116 cm³/mol. The molecule has 1 saturated heterocycles. The number of rotatable bonds is 6. The lowest BCUT2D eigenvalue weighted by atomic mass is 9.95. The summed E-state index contributed by atoms with van der Waals surface area (Å²) in [6.07, 6.45) is 3.31. The number of carbonyl (C=O) groups excluding carboxylic acids is 2. The van der Waals surface area contributed by atoms with Crippen molar-refractivity contribution in [2.75, 3.05) is 25.0 Å².